The molecular formula is C12H26N2O2. The summed E-state index contributed by atoms with van der Waals surface area (Å²) >= 11 is 0. The first-order valence-corrected chi connectivity index (χ1v) is 6.15. The molecule has 0 aromatic carbocycles. The third-order valence-corrected chi connectivity index (χ3v) is 3.60. The highest BCUT2D eigenvalue weighted by molar-refractivity contribution is 4.78. The fourth-order valence-corrected chi connectivity index (χ4v) is 2.24. The second-order valence-electron chi connectivity index (χ2n) is 4.74. The Balaban J connectivity index is 2.21. The number of nitrogens with one attached hydrogen (secondary N) is 1. The van der Waals surface area contributed by atoms with Crippen molar-refractivity contribution in [3.63, 3.8) is 0 Å². The number of hydrogen-bond acceptors (Lipinski definition) is 4. The van der Waals surface area contributed by atoms with Crippen molar-refractivity contribution in [3.05, 3.63) is 0 Å². The lowest BCUT2D eigenvalue weighted by atomic mass is 9.90. The van der Waals surface area contributed by atoms with Gasteiger partial charge >= 0.3 is 0 Å². The van der Waals surface area contributed by atoms with Crippen LogP contribution in [0.3, 0.4) is 0 Å². The van der Waals surface area contributed by atoms with E-state index in [2.05, 4.69) is 24.2 Å². The molecule has 1 atom stereocenters. The predicted octanol–water partition coefficient (Wildman–Crippen LogP) is 0.925. The summed E-state index contributed by atoms with van der Waals surface area (Å²) in [7, 11) is 5.55. The number of likely N-dealkylation sites (tertiary alicyclic amines) is 1. The van der Waals surface area contributed by atoms with Gasteiger partial charge in [-0.2, -0.15) is 0 Å². The van der Waals surface area contributed by atoms with E-state index in [9.17, 15) is 0 Å². The van der Waals surface area contributed by atoms with Gasteiger partial charge in [0.2, 0.25) is 0 Å². The van der Waals surface area contributed by atoms with E-state index in [1.54, 1.807) is 14.2 Å². The molecule has 1 aliphatic rings. The van der Waals surface area contributed by atoms with Crippen LogP contribution in [0.2, 0.25) is 0 Å². The molecule has 1 N–H and O–H groups in total. The normalized spacial score (nSPS) is 21.6. The Morgan fingerprint density at radius 1 is 1.25 bits per heavy atom. The van der Waals surface area contributed by atoms with Gasteiger partial charge in [-0.15, -0.1) is 0 Å². The molecule has 0 bridgehead atoms. The average molecular weight is 230 g/mol. The van der Waals surface area contributed by atoms with Gasteiger partial charge in [0.15, 0.2) is 6.29 Å². The first kappa shape index (κ1) is 13.9. The molecule has 1 saturated heterocycles. The second kappa shape index (κ2) is 7.22. The van der Waals surface area contributed by atoms with Crippen LogP contribution in [0.5, 0.6) is 0 Å². The molecule has 0 spiro atoms. The van der Waals surface area contributed by atoms with Crippen molar-refractivity contribution in [2.24, 2.45) is 5.92 Å². The monoisotopic (exact) mass is 230 g/mol. The Morgan fingerprint density at radius 3 is 2.31 bits per heavy atom. The molecule has 0 aromatic rings. The highest BCUT2D eigenvalue weighted by atomic mass is 16.7. The maximum absolute atomic E-state index is 5.16. The van der Waals surface area contributed by atoms with Crippen LogP contribution in [-0.4, -0.2) is 58.1 Å². The molecule has 0 aliphatic carbocycles. The van der Waals surface area contributed by atoms with E-state index in [1.807, 2.05) is 0 Å². The lowest BCUT2D eigenvalue weighted by Gasteiger charge is -2.33. The molecule has 16 heavy (non-hydrogen) atoms. The van der Waals surface area contributed by atoms with Crippen molar-refractivity contribution in [2.45, 2.75) is 32.1 Å². The molecule has 1 aliphatic heterocycles. The van der Waals surface area contributed by atoms with Gasteiger partial charge in [-0.1, -0.05) is 0 Å². The summed E-state index contributed by atoms with van der Waals surface area (Å²) in [6, 6.07) is 0.543. The Hall–Kier alpha value is -0.160. The lowest BCUT2D eigenvalue weighted by Crippen LogP contribution is -2.43. The zero-order chi connectivity index (χ0) is 12.0. The van der Waals surface area contributed by atoms with Crippen molar-refractivity contribution < 1.29 is 9.47 Å². The lowest BCUT2D eigenvalue weighted by molar-refractivity contribution is -0.100. The largest absolute Gasteiger partial charge is 0.355 e. The summed E-state index contributed by atoms with van der Waals surface area (Å²) in [6.07, 6.45) is 2.44. The molecule has 1 rings (SSSR count). The van der Waals surface area contributed by atoms with E-state index in [1.165, 1.54) is 25.9 Å². The number of piperidine rings is 1. The van der Waals surface area contributed by atoms with Crippen LogP contribution in [-0.2, 0) is 9.47 Å². The zero-order valence-corrected chi connectivity index (χ0v) is 11.0. The van der Waals surface area contributed by atoms with E-state index >= 15 is 0 Å². The number of rotatable bonds is 6. The van der Waals surface area contributed by atoms with Gasteiger partial charge in [0.25, 0.3) is 0 Å². The number of nitrogens with zero attached hydrogens (tertiary/aromatic N) is 1. The van der Waals surface area contributed by atoms with Gasteiger partial charge in [0.1, 0.15) is 0 Å². The molecule has 1 heterocycles. The molecule has 4 nitrogen and oxygen atoms in total. The maximum Gasteiger partial charge on any atom is 0.169 e. The summed E-state index contributed by atoms with van der Waals surface area (Å²) in [5.74, 6) is 0.783. The van der Waals surface area contributed by atoms with Gasteiger partial charge in [0.05, 0.1) is 0 Å². The number of hydrogen-bond donors (Lipinski definition) is 1. The van der Waals surface area contributed by atoms with Crippen LogP contribution >= 0.6 is 0 Å². The fraction of sp³-hybridized carbons (Fsp3) is 1.00. The number of ether oxygens (including phenoxy) is 2. The SMILES string of the molecule is COC(CNC(C)C1CCN(C)CC1)OC. The Bertz CT molecular complexity index is 178. The summed E-state index contributed by atoms with van der Waals surface area (Å²) in [5.41, 5.74) is 0. The van der Waals surface area contributed by atoms with Crippen LogP contribution < -0.4 is 5.32 Å². The molecule has 0 radical (unpaired) electrons. The van der Waals surface area contributed by atoms with Crippen molar-refractivity contribution in [1.29, 1.82) is 0 Å². The van der Waals surface area contributed by atoms with E-state index in [0.717, 1.165) is 12.5 Å². The smallest absolute Gasteiger partial charge is 0.169 e. The van der Waals surface area contributed by atoms with E-state index in [-0.39, 0.29) is 6.29 Å². The van der Waals surface area contributed by atoms with Crippen LogP contribution in [0.1, 0.15) is 19.8 Å². The molecule has 0 aromatic heterocycles. The second-order valence-corrected chi connectivity index (χ2v) is 4.74. The van der Waals surface area contributed by atoms with Gasteiger partial charge in [-0.05, 0) is 45.8 Å². The molecular weight excluding hydrogens is 204 g/mol. The quantitative estimate of drug-likeness (QED) is 0.688. The highest BCUT2D eigenvalue weighted by Crippen LogP contribution is 2.19. The van der Waals surface area contributed by atoms with Crippen molar-refractivity contribution in [3.8, 4) is 0 Å². The van der Waals surface area contributed by atoms with Crippen molar-refractivity contribution in [2.75, 3.05) is 40.9 Å². The summed E-state index contributed by atoms with van der Waals surface area (Å²) in [5, 5.41) is 3.50. The van der Waals surface area contributed by atoms with Crippen LogP contribution in [0.4, 0.5) is 0 Å². The van der Waals surface area contributed by atoms with Crippen LogP contribution in [0.15, 0.2) is 0 Å². The molecule has 1 unspecified atom stereocenters. The summed E-state index contributed by atoms with van der Waals surface area (Å²) in [4.78, 5) is 2.40. The average Bonchev–Trinajstić information content (AvgIpc) is 2.31. The molecule has 4 heteroatoms. The van der Waals surface area contributed by atoms with Crippen LogP contribution in [0.25, 0.3) is 0 Å². The van der Waals surface area contributed by atoms with Gasteiger partial charge in [0, 0.05) is 26.8 Å². The third kappa shape index (κ3) is 4.37. The van der Waals surface area contributed by atoms with Gasteiger partial charge < -0.3 is 19.7 Å². The minimum absolute atomic E-state index is 0.131. The minimum atomic E-state index is -0.131. The van der Waals surface area contributed by atoms with Gasteiger partial charge in [-0.25, -0.2) is 0 Å². The Kier molecular flexibility index (Phi) is 6.28. The fourth-order valence-electron chi connectivity index (χ4n) is 2.24. The van der Waals surface area contributed by atoms with E-state index in [0.29, 0.717) is 6.04 Å². The topological polar surface area (TPSA) is 33.7 Å². The van der Waals surface area contributed by atoms with E-state index < -0.39 is 0 Å². The first-order valence-electron chi connectivity index (χ1n) is 6.15. The predicted molar refractivity (Wildman–Crippen MR) is 65.5 cm³/mol. The number of methoxy groups -OCH3 is 2. The molecule has 1 fully saturated rings. The summed E-state index contributed by atoms with van der Waals surface area (Å²) in [6.45, 7) is 5.46. The first-order chi connectivity index (χ1) is 7.67. The highest BCUT2D eigenvalue weighted by Gasteiger charge is 2.22. The zero-order valence-electron chi connectivity index (χ0n) is 11.0. The molecule has 96 valence electrons. The van der Waals surface area contributed by atoms with Crippen LogP contribution in [0, 0.1) is 5.92 Å². The molecule has 0 saturated carbocycles. The minimum Gasteiger partial charge on any atom is -0.355 e. The molecule has 0 amide bonds. The van der Waals surface area contributed by atoms with E-state index in [4.69, 9.17) is 9.47 Å². The maximum atomic E-state index is 5.16. The summed E-state index contributed by atoms with van der Waals surface area (Å²) < 4.78 is 10.3. The van der Waals surface area contributed by atoms with Gasteiger partial charge in [-0.3, -0.25) is 0 Å². The Morgan fingerprint density at radius 2 is 1.81 bits per heavy atom. The van der Waals surface area contributed by atoms with Crippen molar-refractivity contribution >= 4 is 0 Å². The van der Waals surface area contributed by atoms with Crippen molar-refractivity contribution in [1.82, 2.24) is 10.2 Å². The Labute approximate surface area is 99.3 Å². The third-order valence-electron chi connectivity index (χ3n) is 3.60. The standard InChI is InChI=1S/C12H26N2O2/c1-10(13-9-12(15-3)16-4)11-5-7-14(2)8-6-11/h10-13H,5-9H2,1-4H3.